The molecule has 2 heterocycles. The molecular formula is C24H29N5O4. The summed E-state index contributed by atoms with van der Waals surface area (Å²) >= 11 is 0. The number of amides is 1. The third-order valence-corrected chi connectivity index (χ3v) is 5.97. The van der Waals surface area contributed by atoms with E-state index in [0.29, 0.717) is 41.2 Å². The van der Waals surface area contributed by atoms with Crippen LogP contribution in [0, 0.1) is 6.92 Å². The van der Waals surface area contributed by atoms with Crippen molar-refractivity contribution < 1.29 is 14.3 Å². The number of benzene rings is 2. The molecule has 2 atom stereocenters. The summed E-state index contributed by atoms with van der Waals surface area (Å²) in [6.07, 6.45) is 0.636. The number of aryl methyl sites for hydroxylation is 1. The molecule has 2 unspecified atom stereocenters. The standard InChI is InChI=1S/C24H29N5O4/c1-5-29(24(31)19-11-17(27-28-19)15-8-6-14(2)7-9-15)13-22-25-18-12-21(33-4)20(32-3)10-16(18)23(30)26-22/h6-10,12,17,19,27-28H,5,11,13H2,1-4H3,(H,25,26,30). The number of hydrazine groups is 1. The molecule has 9 heteroatoms. The predicted octanol–water partition coefficient (Wildman–Crippen LogP) is 2.21. The number of carbonyl (C=O) groups is 1. The van der Waals surface area contributed by atoms with Crippen LogP contribution < -0.4 is 25.9 Å². The maximum atomic E-state index is 13.2. The molecule has 4 rings (SSSR count). The second-order valence-corrected chi connectivity index (χ2v) is 8.13. The number of hydrogen-bond acceptors (Lipinski definition) is 7. The average molecular weight is 452 g/mol. The Labute approximate surface area is 192 Å². The van der Waals surface area contributed by atoms with Gasteiger partial charge in [0, 0.05) is 18.7 Å². The van der Waals surface area contributed by atoms with E-state index >= 15 is 0 Å². The van der Waals surface area contributed by atoms with Crippen LogP contribution in [0.3, 0.4) is 0 Å². The van der Waals surface area contributed by atoms with Crippen LogP contribution in [0.15, 0.2) is 41.2 Å². The summed E-state index contributed by atoms with van der Waals surface area (Å²) in [5.41, 5.74) is 8.87. The number of H-pyrrole nitrogens is 1. The quantitative estimate of drug-likeness (QED) is 0.505. The van der Waals surface area contributed by atoms with Crippen molar-refractivity contribution in [2.24, 2.45) is 0 Å². The molecule has 33 heavy (non-hydrogen) atoms. The number of hydrogen-bond donors (Lipinski definition) is 3. The SMILES string of the molecule is CCN(Cc1nc2cc(OC)c(OC)cc2c(=O)[nH]1)C(=O)C1CC(c2ccc(C)cc2)NN1. The van der Waals surface area contributed by atoms with Gasteiger partial charge in [0.2, 0.25) is 5.91 Å². The third-order valence-electron chi connectivity index (χ3n) is 5.97. The van der Waals surface area contributed by atoms with E-state index in [1.807, 2.05) is 13.8 Å². The number of fused-ring (bicyclic) bond motifs is 1. The summed E-state index contributed by atoms with van der Waals surface area (Å²) in [6, 6.07) is 11.2. The van der Waals surface area contributed by atoms with Crippen molar-refractivity contribution in [1.29, 1.82) is 0 Å². The second kappa shape index (κ2) is 9.60. The van der Waals surface area contributed by atoms with Gasteiger partial charge in [-0.2, -0.15) is 0 Å². The minimum Gasteiger partial charge on any atom is -0.493 e. The predicted molar refractivity (Wildman–Crippen MR) is 125 cm³/mol. The van der Waals surface area contributed by atoms with Crippen LogP contribution in [0.2, 0.25) is 0 Å². The first-order valence-electron chi connectivity index (χ1n) is 10.9. The molecule has 0 spiro atoms. The van der Waals surface area contributed by atoms with E-state index in [1.165, 1.54) is 19.8 Å². The van der Waals surface area contributed by atoms with E-state index in [9.17, 15) is 9.59 Å². The molecule has 0 radical (unpaired) electrons. The summed E-state index contributed by atoms with van der Waals surface area (Å²) in [4.78, 5) is 34.9. The largest absolute Gasteiger partial charge is 0.493 e. The van der Waals surface area contributed by atoms with Gasteiger partial charge in [-0.3, -0.25) is 9.59 Å². The molecule has 1 amide bonds. The van der Waals surface area contributed by atoms with Crippen LogP contribution in [-0.4, -0.2) is 47.6 Å². The van der Waals surface area contributed by atoms with Gasteiger partial charge in [0.15, 0.2) is 11.5 Å². The third kappa shape index (κ3) is 4.69. The molecule has 2 aromatic carbocycles. The van der Waals surface area contributed by atoms with Gasteiger partial charge in [-0.15, -0.1) is 0 Å². The van der Waals surface area contributed by atoms with Gasteiger partial charge in [-0.25, -0.2) is 15.8 Å². The fourth-order valence-corrected chi connectivity index (χ4v) is 4.07. The van der Waals surface area contributed by atoms with Crippen LogP contribution in [0.1, 0.15) is 36.3 Å². The molecule has 1 saturated heterocycles. The highest BCUT2D eigenvalue weighted by Gasteiger charge is 2.32. The number of ether oxygens (including phenoxy) is 2. The van der Waals surface area contributed by atoms with Crippen molar-refractivity contribution in [3.05, 3.63) is 63.7 Å². The lowest BCUT2D eigenvalue weighted by Gasteiger charge is -2.23. The first-order valence-corrected chi connectivity index (χ1v) is 10.9. The van der Waals surface area contributed by atoms with Crippen LogP contribution in [0.4, 0.5) is 0 Å². The molecule has 1 aromatic heterocycles. The molecule has 0 aliphatic carbocycles. The van der Waals surface area contributed by atoms with Crippen molar-refractivity contribution >= 4 is 16.8 Å². The number of likely N-dealkylation sites (N-methyl/N-ethyl adjacent to an activating group) is 1. The van der Waals surface area contributed by atoms with Crippen LogP contribution >= 0.6 is 0 Å². The van der Waals surface area contributed by atoms with Gasteiger partial charge < -0.3 is 19.4 Å². The van der Waals surface area contributed by atoms with Crippen molar-refractivity contribution in [2.75, 3.05) is 20.8 Å². The highest BCUT2D eigenvalue weighted by atomic mass is 16.5. The molecule has 3 N–H and O–H groups in total. The summed E-state index contributed by atoms with van der Waals surface area (Å²) < 4.78 is 10.6. The van der Waals surface area contributed by atoms with E-state index in [-0.39, 0.29) is 30.1 Å². The summed E-state index contributed by atoms with van der Waals surface area (Å²) in [5.74, 6) is 1.31. The monoisotopic (exact) mass is 451 g/mol. The van der Waals surface area contributed by atoms with Crippen molar-refractivity contribution in [2.45, 2.75) is 38.9 Å². The lowest BCUT2D eigenvalue weighted by Crippen LogP contribution is -2.45. The molecule has 0 bridgehead atoms. The fraction of sp³-hybridized carbons (Fsp3) is 0.375. The Morgan fingerprint density at radius 2 is 1.82 bits per heavy atom. The zero-order valence-electron chi connectivity index (χ0n) is 19.3. The van der Waals surface area contributed by atoms with Crippen LogP contribution in [0.5, 0.6) is 11.5 Å². The number of rotatable bonds is 7. The maximum absolute atomic E-state index is 13.2. The summed E-state index contributed by atoms with van der Waals surface area (Å²) in [7, 11) is 3.04. The normalized spacial score (nSPS) is 17.8. The number of aromatic amines is 1. The van der Waals surface area contributed by atoms with Crippen LogP contribution in [0.25, 0.3) is 10.9 Å². The Morgan fingerprint density at radius 1 is 1.12 bits per heavy atom. The number of nitrogens with zero attached hydrogens (tertiary/aromatic N) is 2. The molecule has 3 aromatic rings. The van der Waals surface area contributed by atoms with Crippen molar-refractivity contribution in [1.82, 2.24) is 25.7 Å². The van der Waals surface area contributed by atoms with Gasteiger partial charge in [-0.05, 0) is 31.9 Å². The minimum absolute atomic E-state index is 0.0466. The van der Waals surface area contributed by atoms with Gasteiger partial charge in [0.05, 0.1) is 31.7 Å². The number of aromatic nitrogens is 2. The molecule has 9 nitrogen and oxygen atoms in total. The van der Waals surface area contributed by atoms with E-state index in [4.69, 9.17) is 9.47 Å². The Kier molecular flexibility index (Phi) is 6.62. The van der Waals surface area contributed by atoms with E-state index in [1.54, 1.807) is 17.0 Å². The fourth-order valence-electron chi connectivity index (χ4n) is 4.07. The zero-order chi connectivity index (χ0) is 23.5. The Morgan fingerprint density at radius 3 is 2.48 bits per heavy atom. The van der Waals surface area contributed by atoms with E-state index in [2.05, 4.69) is 45.1 Å². The van der Waals surface area contributed by atoms with E-state index in [0.717, 1.165) is 5.56 Å². The molecular weight excluding hydrogens is 422 g/mol. The highest BCUT2D eigenvalue weighted by Crippen LogP contribution is 2.30. The Hall–Kier alpha value is -3.43. The molecule has 1 aliphatic rings. The molecule has 174 valence electrons. The summed E-state index contributed by atoms with van der Waals surface area (Å²) in [5, 5.41) is 0.397. The van der Waals surface area contributed by atoms with Gasteiger partial charge in [-0.1, -0.05) is 29.8 Å². The Bertz CT molecular complexity index is 1210. The van der Waals surface area contributed by atoms with Crippen molar-refractivity contribution in [3.63, 3.8) is 0 Å². The van der Waals surface area contributed by atoms with Gasteiger partial charge in [0.1, 0.15) is 11.9 Å². The van der Waals surface area contributed by atoms with Gasteiger partial charge >= 0.3 is 0 Å². The topological polar surface area (TPSA) is 109 Å². The minimum atomic E-state index is -0.368. The smallest absolute Gasteiger partial charge is 0.258 e. The number of nitrogens with one attached hydrogen (secondary N) is 3. The maximum Gasteiger partial charge on any atom is 0.258 e. The van der Waals surface area contributed by atoms with Crippen molar-refractivity contribution in [3.8, 4) is 11.5 Å². The number of methoxy groups -OCH3 is 2. The van der Waals surface area contributed by atoms with E-state index < -0.39 is 0 Å². The highest BCUT2D eigenvalue weighted by molar-refractivity contribution is 5.83. The lowest BCUT2D eigenvalue weighted by atomic mass is 10.0. The summed E-state index contributed by atoms with van der Waals surface area (Å²) in [6.45, 7) is 4.64. The number of carbonyl (C=O) groups excluding carboxylic acids is 1. The van der Waals surface area contributed by atoms with Gasteiger partial charge in [0.25, 0.3) is 5.56 Å². The molecule has 1 aliphatic heterocycles. The first-order chi connectivity index (χ1) is 15.9. The molecule has 1 fully saturated rings. The first kappa shape index (κ1) is 22.8. The lowest BCUT2D eigenvalue weighted by molar-refractivity contribution is -0.133. The average Bonchev–Trinajstić information content (AvgIpc) is 3.32. The molecule has 0 saturated carbocycles. The van der Waals surface area contributed by atoms with Crippen LogP contribution in [-0.2, 0) is 11.3 Å². The zero-order valence-corrected chi connectivity index (χ0v) is 19.3. The Balaban J connectivity index is 1.52. The second-order valence-electron chi connectivity index (χ2n) is 8.13.